The van der Waals surface area contributed by atoms with E-state index in [1.165, 1.54) is 4.90 Å². The minimum Gasteiger partial charge on any atom is -0.494 e. The average Bonchev–Trinajstić information content (AvgIpc) is 3.59. The molecule has 0 spiro atoms. The second kappa shape index (κ2) is 7.05. The molecule has 6 heteroatoms. The van der Waals surface area contributed by atoms with Gasteiger partial charge in [-0.2, -0.15) is 0 Å². The van der Waals surface area contributed by atoms with Gasteiger partial charge in [0.1, 0.15) is 5.75 Å². The van der Waals surface area contributed by atoms with Crippen molar-refractivity contribution in [2.75, 3.05) is 16.8 Å². The van der Waals surface area contributed by atoms with Crippen LogP contribution in [0.2, 0.25) is 0 Å². The minimum absolute atomic E-state index is 0.0868. The number of benzene rings is 2. The van der Waals surface area contributed by atoms with E-state index in [1.54, 1.807) is 48.5 Å². The van der Waals surface area contributed by atoms with Crippen molar-refractivity contribution < 1.29 is 19.1 Å². The van der Waals surface area contributed by atoms with Gasteiger partial charge < -0.3 is 10.1 Å². The third kappa shape index (κ3) is 2.82. The van der Waals surface area contributed by atoms with E-state index >= 15 is 0 Å². The Balaban J connectivity index is 1.18. The number of allylic oxidation sites excluding steroid dienone is 2. The number of nitrogens with one attached hydrogen (secondary N) is 1. The quantitative estimate of drug-likeness (QED) is 0.579. The van der Waals surface area contributed by atoms with Gasteiger partial charge >= 0.3 is 0 Å². The van der Waals surface area contributed by atoms with Gasteiger partial charge in [0.15, 0.2) is 0 Å². The van der Waals surface area contributed by atoms with Gasteiger partial charge in [0, 0.05) is 11.3 Å². The molecule has 1 saturated heterocycles. The topological polar surface area (TPSA) is 75.7 Å². The lowest BCUT2D eigenvalue weighted by molar-refractivity contribution is -0.124. The summed E-state index contributed by atoms with van der Waals surface area (Å²) in [6, 6.07) is 13.9. The van der Waals surface area contributed by atoms with Crippen molar-refractivity contribution in [2.45, 2.75) is 13.3 Å². The van der Waals surface area contributed by atoms with Crippen LogP contribution in [0.4, 0.5) is 11.4 Å². The van der Waals surface area contributed by atoms with Crippen molar-refractivity contribution >= 4 is 29.1 Å². The molecular formula is C26H24N2O4. The third-order valence-corrected chi connectivity index (χ3v) is 7.47. The molecule has 1 aliphatic heterocycles. The smallest absolute Gasteiger partial charge is 0.255 e. The summed E-state index contributed by atoms with van der Waals surface area (Å²) in [6.07, 6.45) is 5.49. The number of hydrogen-bond donors (Lipinski definition) is 1. The Morgan fingerprint density at radius 2 is 1.53 bits per heavy atom. The molecule has 162 valence electrons. The molecule has 6 unspecified atom stereocenters. The van der Waals surface area contributed by atoms with E-state index in [1.807, 2.05) is 6.92 Å². The van der Waals surface area contributed by atoms with Gasteiger partial charge in [-0.25, -0.2) is 0 Å². The molecule has 1 N–H and O–H groups in total. The third-order valence-electron chi connectivity index (χ3n) is 7.47. The fraction of sp³-hybridized carbons (Fsp3) is 0.346. The molecule has 2 aromatic carbocycles. The first-order chi connectivity index (χ1) is 15.6. The van der Waals surface area contributed by atoms with E-state index in [2.05, 4.69) is 17.5 Å². The Morgan fingerprint density at radius 1 is 0.938 bits per heavy atom. The molecule has 4 aliphatic carbocycles. The van der Waals surface area contributed by atoms with E-state index in [9.17, 15) is 14.4 Å². The maximum atomic E-state index is 13.2. The largest absolute Gasteiger partial charge is 0.494 e. The minimum atomic E-state index is -0.254. The lowest BCUT2D eigenvalue weighted by Crippen LogP contribution is -2.40. The fourth-order valence-corrected chi connectivity index (χ4v) is 5.98. The number of carbonyl (C=O) groups is 3. The van der Waals surface area contributed by atoms with Gasteiger partial charge in [-0.05, 0) is 85.5 Å². The van der Waals surface area contributed by atoms with Gasteiger partial charge in [-0.3, -0.25) is 19.3 Å². The molecule has 32 heavy (non-hydrogen) atoms. The molecule has 5 aliphatic rings. The zero-order valence-corrected chi connectivity index (χ0v) is 17.7. The van der Waals surface area contributed by atoms with Crippen LogP contribution < -0.4 is 15.0 Å². The molecular weight excluding hydrogens is 404 g/mol. The molecule has 6 nitrogen and oxygen atoms in total. The highest BCUT2D eigenvalue weighted by Gasteiger charge is 2.67. The van der Waals surface area contributed by atoms with E-state index < -0.39 is 0 Å². The summed E-state index contributed by atoms with van der Waals surface area (Å²) in [4.78, 5) is 40.4. The van der Waals surface area contributed by atoms with Crippen molar-refractivity contribution in [1.29, 1.82) is 0 Å². The lowest BCUT2D eigenvalue weighted by Gasteiger charge is -2.37. The molecule has 0 aromatic heterocycles. The summed E-state index contributed by atoms with van der Waals surface area (Å²) in [5.74, 6) is 1.45. The second-order valence-corrected chi connectivity index (χ2v) is 9.12. The highest BCUT2D eigenvalue weighted by Crippen LogP contribution is 2.65. The van der Waals surface area contributed by atoms with Gasteiger partial charge in [-0.1, -0.05) is 12.2 Å². The summed E-state index contributed by atoms with van der Waals surface area (Å²) >= 11 is 0. The van der Waals surface area contributed by atoms with Crippen LogP contribution in [0.1, 0.15) is 23.7 Å². The average molecular weight is 428 g/mol. The summed E-state index contributed by atoms with van der Waals surface area (Å²) in [5.41, 5.74) is 1.67. The Hall–Kier alpha value is -3.41. The zero-order valence-electron chi connectivity index (χ0n) is 17.7. The zero-order chi connectivity index (χ0) is 22.0. The summed E-state index contributed by atoms with van der Waals surface area (Å²) in [7, 11) is 0. The number of ether oxygens (including phenoxy) is 1. The predicted octanol–water partition coefficient (Wildman–Crippen LogP) is 3.90. The second-order valence-electron chi connectivity index (χ2n) is 9.12. The Labute approximate surface area is 186 Å². The predicted molar refractivity (Wildman–Crippen MR) is 119 cm³/mol. The number of anilines is 2. The maximum absolute atomic E-state index is 13.2. The molecule has 3 amide bonds. The van der Waals surface area contributed by atoms with E-state index in [0.717, 1.165) is 12.2 Å². The number of rotatable bonds is 5. The summed E-state index contributed by atoms with van der Waals surface area (Å²) in [6.45, 7) is 2.50. The van der Waals surface area contributed by atoms with Crippen molar-refractivity contribution in [2.24, 2.45) is 35.5 Å². The molecule has 7 rings (SSSR count). The number of imide groups is 1. The van der Waals surface area contributed by atoms with Crippen LogP contribution in [0, 0.1) is 35.5 Å². The molecule has 1 heterocycles. The van der Waals surface area contributed by atoms with Crippen molar-refractivity contribution in [1.82, 2.24) is 0 Å². The van der Waals surface area contributed by atoms with Crippen LogP contribution in [-0.4, -0.2) is 24.3 Å². The fourth-order valence-electron chi connectivity index (χ4n) is 5.98. The van der Waals surface area contributed by atoms with Crippen LogP contribution in [0.5, 0.6) is 5.75 Å². The maximum Gasteiger partial charge on any atom is 0.255 e. The number of hydrogen-bond acceptors (Lipinski definition) is 4. The van der Waals surface area contributed by atoms with E-state index in [0.29, 0.717) is 35.4 Å². The van der Waals surface area contributed by atoms with Crippen LogP contribution in [-0.2, 0) is 9.59 Å². The Morgan fingerprint density at radius 3 is 2.09 bits per heavy atom. The van der Waals surface area contributed by atoms with Gasteiger partial charge in [0.2, 0.25) is 11.8 Å². The van der Waals surface area contributed by atoms with E-state index in [4.69, 9.17) is 4.74 Å². The van der Waals surface area contributed by atoms with Crippen LogP contribution in [0.25, 0.3) is 0 Å². The lowest BCUT2D eigenvalue weighted by atomic mass is 9.63. The molecule has 2 aromatic rings. The molecule has 6 atom stereocenters. The van der Waals surface area contributed by atoms with Crippen molar-refractivity contribution in [3.63, 3.8) is 0 Å². The van der Waals surface area contributed by atoms with Crippen molar-refractivity contribution in [3.8, 4) is 5.75 Å². The Bertz CT molecular complexity index is 1100. The normalized spacial score (nSPS) is 31.3. The number of carbonyl (C=O) groups excluding carboxylic acids is 3. The van der Waals surface area contributed by atoms with Gasteiger partial charge in [0.25, 0.3) is 5.91 Å². The van der Waals surface area contributed by atoms with Crippen LogP contribution >= 0.6 is 0 Å². The van der Waals surface area contributed by atoms with Crippen LogP contribution in [0.3, 0.4) is 0 Å². The first kappa shape index (κ1) is 19.3. The van der Waals surface area contributed by atoms with Gasteiger partial charge in [0.05, 0.1) is 24.1 Å². The van der Waals surface area contributed by atoms with E-state index in [-0.39, 0.29) is 41.4 Å². The number of amides is 3. The SMILES string of the molecule is CCOc1ccc(NC(=O)c2ccc(N3C(=O)C4C5C=CC(C6CC56)C4C3=O)cc2)cc1. The molecule has 2 bridgehead atoms. The first-order valence-corrected chi connectivity index (χ1v) is 11.3. The Kier molecular flexibility index (Phi) is 4.25. The summed E-state index contributed by atoms with van der Waals surface area (Å²) < 4.78 is 5.41. The standard InChI is InChI=1S/C26H24N2O4/c1-2-32-17-9-5-15(6-10-17)27-24(29)14-3-7-16(8-4-14)28-25(30)22-18-11-12-19(21-13-20(18)21)23(22)26(28)31/h3-12,18-23H,2,13H2,1H3,(H,27,29). The highest BCUT2D eigenvalue weighted by molar-refractivity contribution is 6.22. The van der Waals surface area contributed by atoms with Gasteiger partial charge in [-0.15, -0.1) is 0 Å². The van der Waals surface area contributed by atoms with Crippen LogP contribution in [0.15, 0.2) is 60.7 Å². The summed E-state index contributed by atoms with van der Waals surface area (Å²) in [5, 5.41) is 2.85. The number of nitrogens with zero attached hydrogens (tertiary/aromatic N) is 1. The first-order valence-electron chi connectivity index (χ1n) is 11.3. The molecule has 3 fully saturated rings. The highest BCUT2D eigenvalue weighted by atomic mass is 16.5. The molecule has 0 radical (unpaired) electrons. The monoisotopic (exact) mass is 428 g/mol. The van der Waals surface area contributed by atoms with Crippen molar-refractivity contribution in [3.05, 3.63) is 66.2 Å². The molecule has 2 saturated carbocycles.